The first-order valence-corrected chi connectivity index (χ1v) is 8.05. The predicted molar refractivity (Wildman–Crippen MR) is 80.0 cm³/mol. The van der Waals surface area contributed by atoms with Crippen LogP contribution < -0.4 is 10.5 Å². The van der Waals surface area contributed by atoms with Gasteiger partial charge in [0.05, 0.1) is 22.5 Å². The molecule has 2 rings (SSSR count). The van der Waals surface area contributed by atoms with Crippen LogP contribution in [0.25, 0.3) is 0 Å². The van der Waals surface area contributed by atoms with Gasteiger partial charge >= 0.3 is 0 Å². The molecule has 1 aromatic carbocycles. The number of benzene rings is 1. The van der Waals surface area contributed by atoms with Gasteiger partial charge in [0.2, 0.25) is 0 Å². The number of sulfonamides is 1. The molecule has 0 amide bonds. The third-order valence-corrected chi connectivity index (χ3v) is 4.63. The lowest BCUT2D eigenvalue weighted by Crippen LogP contribution is -2.12. The van der Waals surface area contributed by atoms with Crippen molar-refractivity contribution < 1.29 is 8.42 Å². The highest BCUT2D eigenvalue weighted by Gasteiger charge is 2.15. The van der Waals surface area contributed by atoms with Crippen LogP contribution in [0, 0.1) is 18.8 Å². The van der Waals surface area contributed by atoms with Crippen molar-refractivity contribution in [1.82, 2.24) is 4.98 Å². The van der Waals surface area contributed by atoms with Crippen LogP contribution in [-0.4, -0.2) is 19.9 Å². The molecule has 0 unspecified atom stereocenters. The summed E-state index contributed by atoms with van der Waals surface area (Å²) in [4.78, 5) is 4.86. The van der Waals surface area contributed by atoms with Crippen LogP contribution >= 0.6 is 11.3 Å². The summed E-state index contributed by atoms with van der Waals surface area (Å²) in [6, 6.07) is 6.68. The highest BCUT2D eigenvalue weighted by molar-refractivity contribution is 7.93. The van der Waals surface area contributed by atoms with Gasteiger partial charge in [-0.25, -0.2) is 13.4 Å². The SMILES string of the molecule is Cc1cccc(S(=O)(=O)Nc2ncc(C#CCN)s2)c1. The number of nitrogens with two attached hydrogens (primary N) is 1. The van der Waals surface area contributed by atoms with Crippen molar-refractivity contribution in [3.8, 4) is 11.8 Å². The van der Waals surface area contributed by atoms with Crippen molar-refractivity contribution in [3.63, 3.8) is 0 Å². The number of anilines is 1. The number of aryl methyl sites for hydroxylation is 1. The Bertz CT molecular complexity index is 770. The predicted octanol–water partition coefficient (Wildman–Crippen LogP) is 1.56. The number of aromatic nitrogens is 1. The molecule has 0 aliphatic heterocycles. The quantitative estimate of drug-likeness (QED) is 0.843. The highest BCUT2D eigenvalue weighted by atomic mass is 32.2. The summed E-state index contributed by atoms with van der Waals surface area (Å²) >= 11 is 1.17. The van der Waals surface area contributed by atoms with Gasteiger partial charge < -0.3 is 5.73 Å². The van der Waals surface area contributed by atoms with Gasteiger partial charge in [0, 0.05) is 0 Å². The lowest BCUT2D eigenvalue weighted by Gasteiger charge is -2.05. The van der Waals surface area contributed by atoms with Crippen LogP contribution in [0.3, 0.4) is 0 Å². The Labute approximate surface area is 121 Å². The van der Waals surface area contributed by atoms with E-state index in [1.165, 1.54) is 23.6 Å². The summed E-state index contributed by atoms with van der Waals surface area (Å²) in [5, 5.41) is 0.285. The van der Waals surface area contributed by atoms with Crippen LogP contribution in [0.15, 0.2) is 35.4 Å². The number of hydrogen-bond donors (Lipinski definition) is 2. The van der Waals surface area contributed by atoms with E-state index in [0.717, 1.165) is 5.56 Å². The molecule has 20 heavy (non-hydrogen) atoms. The van der Waals surface area contributed by atoms with Gasteiger partial charge in [-0.1, -0.05) is 35.3 Å². The molecule has 0 saturated heterocycles. The fraction of sp³-hybridized carbons (Fsp3) is 0.154. The summed E-state index contributed by atoms with van der Waals surface area (Å²) < 4.78 is 26.8. The highest BCUT2D eigenvalue weighted by Crippen LogP contribution is 2.21. The third-order valence-electron chi connectivity index (χ3n) is 2.34. The molecule has 3 N–H and O–H groups in total. The van der Waals surface area contributed by atoms with Gasteiger partial charge in [-0.15, -0.1) is 0 Å². The lowest BCUT2D eigenvalue weighted by atomic mass is 10.2. The average molecular weight is 307 g/mol. The van der Waals surface area contributed by atoms with Crippen molar-refractivity contribution in [2.75, 3.05) is 11.3 Å². The summed E-state index contributed by atoms with van der Waals surface area (Å²) in [5.74, 6) is 5.50. The van der Waals surface area contributed by atoms with Crippen molar-refractivity contribution in [2.45, 2.75) is 11.8 Å². The molecule has 1 heterocycles. The van der Waals surface area contributed by atoms with E-state index in [1.807, 2.05) is 13.0 Å². The molecular weight excluding hydrogens is 294 g/mol. The zero-order valence-electron chi connectivity index (χ0n) is 10.8. The Hall–Kier alpha value is -1.88. The number of nitrogens with one attached hydrogen (secondary N) is 1. The van der Waals surface area contributed by atoms with Gasteiger partial charge in [-0.2, -0.15) is 0 Å². The van der Waals surface area contributed by atoms with E-state index < -0.39 is 10.0 Å². The van der Waals surface area contributed by atoms with E-state index in [1.54, 1.807) is 12.1 Å². The molecule has 7 heteroatoms. The van der Waals surface area contributed by atoms with E-state index in [0.29, 0.717) is 4.88 Å². The number of hydrogen-bond acceptors (Lipinski definition) is 5. The van der Waals surface area contributed by atoms with Gasteiger partial charge in [0.15, 0.2) is 5.13 Å². The Kier molecular flexibility index (Phi) is 4.39. The van der Waals surface area contributed by atoms with Crippen molar-refractivity contribution in [3.05, 3.63) is 40.9 Å². The van der Waals surface area contributed by atoms with E-state index >= 15 is 0 Å². The lowest BCUT2D eigenvalue weighted by molar-refractivity contribution is 0.601. The minimum atomic E-state index is -3.62. The number of thiazole rings is 1. The van der Waals surface area contributed by atoms with Gasteiger partial charge in [0.1, 0.15) is 0 Å². The molecule has 0 bridgehead atoms. The molecule has 0 spiro atoms. The summed E-state index contributed by atoms with van der Waals surface area (Å²) in [7, 11) is -3.62. The summed E-state index contributed by atoms with van der Waals surface area (Å²) in [6.07, 6.45) is 1.52. The standard InChI is InChI=1S/C13H13N3O2S2/c1-10-4-2-6-12(8-10)20(17,18)16-13-15-9-11(19-13)5-3-7-14/h2,4,6,8-9H,7,14H2,1H3,(H,15,16). The topological polar surface area (TPSA) is 85.1 Å². The van der Waals surface area contributed by atoms with Crippen LogP contribution in [0.5, 0.6) is 0 Å². The van der Waals surface area contributed by atoms with Gasteiger partial charge in [-0.05, 0) is 24.6 Å². The molecule has 0 fully saturated rings. The van der Waals surface area contributed by atoms with Crippen LogP contribution in [0.4, 0.5) is 5.13 Å². The normalized spacial score (nSPS) is 10.7. The molecule has 0 radical (unpaired) electrons. The first-order chi connectivity index (χ1) is 9.51. The minimum absolute atomic E-state index is 0.210. The molecular formula is C13H13N3O2S2. The zero-order chi connectivity index (χ0) is 14.6. The minimum Gasteiger partial charge on any atom is -0.320 e. The molecule has 0 aliphatic carbocycles. The van der Waals surface area contributed by atoms with Crippen LogP contribution in [0.1, 0.15) is 10.4 Å². The number of nitrogens with zero attached hydrogens (tertiary/aromatic N) is 1. The maximum atomic E-state index is 12.2. The molecule has 5 nitrogen and oxygen atoms in total. The molecule has 0 saturated carbocycles. The Morgan fingerprint density at radius 3 is 2.95 bits per heavy atom. The molecule has 2 aromatic rings. The molecule has 104 valence electrons. The maximum absolute atomic E-state index is 12.2. The first-order valence-electron chi connectivity index (χ1n) is 5.75. The Morgan fingerprint density at radius 2 is 2.25 bits per heavy atom. The smallest absolute Gasteiger partial charge is 0.263 e. The number of rotatable bonds is 3. The summed E-state index contributed by atoms with van der Waals surface area (Å²) in [5.41, 5.74) is 6.15. The van der Waals surface area contributed by atoms with Crippen molar-refractivity contribution >= 4 is 26.5 Å². The Morgan fingerprint density at radius 1 is 1.45 bits per heavy atom. The van der Waals surface area contributed by atoms with Crippen LogP contribution in [0.2, 0.25) is 0 Å². The molecule has 0 aliphatic rings. The van der Waals surface area contributed by atoms with Gasteiger partial charge in [-0.3, -0.25) is 4.72 Å². The Balaban J connectivity index is 2.22. The fourth-order valence-electron chi connectivity index (χ4n) is 1.47. The fourth-order valence-corrected chi connectivity index (χ4v) is 3.51. The molecule has 1 aromatic heterocycles. The largest absolute Gasteiger partial charge is 0.320 e. The van der Waals surface area contributed by atoms with Crippen molar-refractivity contribution in [2.24, 2.45) is 5.73 Å². The first kappa shape index (κ1) is 14.5. The second-order valence-electron chi connectivity index (χ2n) is 3.96. The van der Waals surface area contributed by atoms with Crippen LogP contribution in [-0.2, 0) is 10.0 Å². The second kappa shape index (κ2) is 6.05. The van der Waals surface area contributed by atoms with E-state index in [4.69, 9.17) is 5.73 Å². The van der Waals surface area contributed by atoms with Gasteiger partial charge in [0.25, 0.3) is 10.0 Å². The molecule has 0 atom stereocenters. The van der Waals surface area contributed by atoms with Crippen molar-refractivity contribution in [1.29, 1.82) is 0 Å². The third kappa shape index (κ3) is 3.57. The zero-order valence-corrected chi connectivity index (χ0v) is 12.4. The van der Waals surface area contributed by atoms with E-state index in [9.17, 15) is 8.42 Å². The maximum Gasteiger partial charge on any atom is 0.263 e. The van der Waals surface area contributed by atoms with E-state index in [-0.39, 0.29) is 16.6 Å². The summed E-state index contributed by atoms with van der Waals surface area (Å²) in [6.45, 7) is 2.09. The van der Waals surface area contributed by atoms with E-state index in [2.05, 4.69) is 21.5 Å². The second-order valence-corrected chi connectivity index (χ2v) is 6.67. The average Bonchev–Trinajstić information content (AvgIpc) is 2.83. The monoisotopic (exact) mass is 307 g/mol.